The predicted octanol–water partition coefficient (Wildman–Crippen LogP) is 9.62. The van der Waals surface area contributed by atoms with Crippen molar-refractivity contribution in [1.82, 2.24) is 0 Å². The van der Waals surface area contributed by atoms with Crippen LogP contribution in [0.2, 0.25) is 0 Å². The number of benzene rings is 4. The molecule has 0 saturated heterocycles. The van der Waals surface area contributed by atoms with Crippen molar-refractivity contribution < 1.29 is 0 Å². The molecular weight excluding hydrogens is 440 g/mol. The molecule has 0 bridgehead atoms. The Balaban J connectivity index is 1.53. The first kappa shape index (κ1) is 20.3. The van der Waals surface area contributed by atoms with Crippen molar-refractivity contribution in [3.05, 3.63) is 126 Å². The lowest BCUT2D eigenvalue weighted by molar-refractivity contribution is 0.996. The van der Waals surface area contributed by atoms with Crippen LogP contribution in [0.4, 0.5) is 0 Å². The first-order valence-corrected chi connectivity index (χ1v) is 12.9. The quantitative estimate of drug-likeness (QED) is 0.230. The summed E-state index contributed by atoms with van der Waals surface area (Å²) in [6.45, 7) is 0. The Labute approximate surface area is 209 Å². The fraction of sp³-hybridized carbons (Fsp3) is 0.0588. The minimum Gasteiger partial charge on any atom is -0.134 e. The van der Waals surface area contributed by atoms with Crippen molar-refractivity contribution in [3.8, 4) is 32.0 Å². The second kappa shape index (κ2) is 8.27. The number of allylic oxidation sites excluding steroid dienone is 1. The third-order valence-corrected chi connectivity index (χ3v) is 8.33. The largest absolute Gasteiger partial charge is 0.134 e. The van der Waals surface area contributed by atoms with Crippen molar-refractivity contribution in [2.24, 2.45) is 0 Å². The standard InChI is InChI=1S/C34H22S/c1-2-12-23(13-3-1)25-15-6-9-19-29(25)33-30-20-10-11-21-31(30)34(35-33)32-22-24-14-4-5-16-26(24)27-17-7-8-18-28(27)32/h1-2,4-9,11-12,14-19,21-22H,10,20H2. The summed E-state index contributed by atoms with van der Waals surface area (Å²) in [5.74, 6) is 0. The molecule has 1 heteroatoms. The zero-order chi connectivity index (χ0) is 23.2. The zero-order valence-corrected chi connectivity index (χ0v) is 20.0. The van der Waals surface area contributed by atoms with Gasteiger partial charge in [0, 0.05) is 26.4 Å². The molecule has 0 spiro atoms. The van der Waals surface area contributed by atoms with Gasteiger partial charge in [-0.25, -0.2) is 0 Å². The molecule has 5 aromatic carbocycles. The highest BCUT2D eigenvalue weighted by atomic mass is 32.1. The van der Waals surface area contributed by atoms with E-state index in [1.54, 1.807) is 0 Å². The Morgan fingerprint density at radius 3 is 2.29 bits per heavy atom. The molecule has 0 unspecified atom stereocenters. The van der Waals surface area contributed by atoms with Gasteiger partial charge in [0.2, 0.25) is 0 Å². The van der Waals surface area contributed by atoms with Gasteiger partial charge in [0.25, 0.3) is 0 Å². The first-order valence-electron chi connectivity index (χ1n) is 12.1. The molecule has 0 saturated carbocycles. The Bertz CT molecular complexity index is 1730. The van der Waals surface area contributed by atoms with Crippen LogP contribution in [0.1, 0.15) is 17.5 Å². The van der Waals surface area contributed by atoms with Gasteiger partial charge in [-0.2, -0.15) is 0 Å². The van der Waals surface area contributed by atoms with Crippen LogP contribution in [0.25, 0.3) is 59.6 Å². The van der Waals surface area contributed by atoms with Crippen LogP contribution >= 0.6 is 11.3 Å². The van der Waals surface area contributed by atoms with E-state index in [2.05, 4.69) is 109 Å². The summed E-state index contributed by atoms with van der Waals surface area (Å²) in [5.41, 5.74) is 7.78. The second-order valence-electron chi connectivity index (χ2n) is 9.04. The summed E-state index contributed by atoms with van der Waals surface area (Å²) in [6, 6.07) is 41.3. The highest BCUT2D eigenvalue weighted by molar-refractivity contribution is 7.19. The van der Waals surface area contributed by atoms with Crippen LogP contribution in [0.5, 0.6) is 0 Å². The van der Waals surface area contributed by atoms with Gasteiger partial charge < -0.3 is 0 Å². The van der Waals surface area contributed by atoms with E-state index in [1.807, 2.05) is 23.5 Å². The number of hydrogen-bond donors (Lipinski definition) is 0. The summed E-state index contributed by atoms with van der Waals surface area (Å²) < 4.78 is 0. The molecule has 164 valence electrons. The zero-order valence-electron chi connectivity index (χ0n) is 19.2. The maximum atomic E-state index is 3.32. The average Bonchev–Trinajstić information content (AvgIpc) is 3.32. The first-order chi connectivity index (χ1) is 17.4. The SMILES string of the molecule is c1cccc(-c2ccccc2-c2sc(-c3cc4ccccc4c4ccccc34)c3c2CCC=C3)c#1. The van der Waals surface area contributed by atoms with Gasteiger partial charge in [-0.3, -0.25) is 0 Å². The second-order valence-corrected chi connectivity index (χ2v) is 10.1. The molecule has 35 heavy (non-hydrogen) atoms. The Kier molecular flexibility index (Phi) is 4.79. The highest BCUT2D eigenvalue weighted by Crippen LogP contribution is 2.49. The Hall–Kier alpha value is -4.12. The molecule has 0 aliphatic heterocycles. The van der Waals surface area contributed by atoms with Gasteiger partial charge in [0.05, 0.1) is 0 Å². The van der Waals surface area contributed by atoms with Gasteiger partial charge in [-0.1, -0.05) is 103 Å². The maximum Gasteiger partial charge on any atom is 0.0430 e. The van der Waals surface area contributed by atoms with Crippen molar-refractivity contribution in [2.75, 3.05) is 0 Å². The van der Waals surface area contributed by atoms with Crippen LogP contribution in [-0.2, 0) is 6.42 Å². The van der Waals surface area contributed by atoms with E-state index in [0.29, 0.717) is 0 Å². The molecule has 0 fully saturated rings. The smallest absolute Gasteiger partial charge is 0.0430 e. The molecule has 1 aromatic heterocycles. The van der Waals surface area contributed by atoms with Gasteiger partial charge in [0.15, 0.2) is 0 Å². The summed E-state index contributed by atoms with van der Waals surface area (Å²) >= 11 is 1.94. The molecular formula is C34H22S. The highest BCUT2D eigenvalue weighted by Gasteiger charge is 2.23. The fourth-order valence-electron chi connectivity index (χ4n) is 5.42. The molecule has 1 aliphatic rings. The summed E-state index contributed by atoms with van der Waals surface area (Å²) in [6.07, 6.45) is 6.84. The Morgan fingerprint density at radius 2 is 1.43 bits per heavy atom. The van der Waals surface area contributed by atoms with Crippen LogP contribution < -0.4 is 0 Å². The van der Waals surface area contributed by atoms with Gasteiger partial charge in [-0.05, 0) is 69.3 Å². The van der Waals surface area contributed by atoms with Gasteiger partial charge in [0.1, 0.15) is 0 Å². The molecule has 1 aliphatic carbocycles. The van der Waals surface area contributed by atoms with Crippen LogP contribution in [0.15, 0.2) is 103 Å². The molecule has 1 heterocycles. The van der Waals surface area contributed by atoms with E-state index in [0.717, 1.165) is 18.4 Å². The molecule has 7 rings (SSSR count). The summed E-state index contributed by atoms with van der Waals surface area (Å²) in [4.78, 5) is 2.75. The number of fused-ring (bicyclic) bond motifs is 4. The number of hydrogen-bond acceptors (Lipinski definition) is 1. The van der Waals surface area contributed by atoms with Crippen molar-refractivity contribution in [2.45, 2.75) is 12.8 Å². The molecule has 0 radical (unpaired) electrons. The van der Waals surface area contributed by atoms with Gasteiger partial charge in [-0.15, -0.1) is 11.3 Å². The van der Waals surface area contributed by atoms with Crippen molar-refractivity contribution in [3.63, 3.8) is 0 Å². The summed E-state index contributed by atoms with van der Waals surface area (Å²) in [7, 11) is 0. The number of thiophene rings is 1. The fourth-order valence-corrected chi connectivity index (χ4v) is 6.83. The monoisotopic (exact) mass is 462 g/mol. The lowest BCUT2D eigenvalue weighted by atomic mass is 9.90. The predicted molar refractivity (Wildman–Crippen MR) is 151 cm³/mol. The third kappa shape index (κ3) is 3.30. The van der Waals surface area contributed by atoms with E-state index in [1.165, 1.54) is 59.1 Å². The van der Waals surface area contributed by atoms with Crippen LogP contribution in [0, 0.1) is 12.1 Å². The lowest BCUT2D eigenvalue weighted by Crippen LogP contribution is -1.94. The van der Waals surface area contributed by atoms with Crippen LogP contribution in [0.3, 0.4) is 0 Å². The van der Waals surface area contributed by atoms with Gasteiger partial charge >= 0.3 is 0 Å². The summed E-state index contributed by atoms with van der Waals surface area (Å²) in [5, 5.41) is 5.24. The lowest BCUT2D eigenvalue weighted by Gasteiger charge is -2.13. The third-order valence-electron chi connectivity index (χ3n) is 7.02. The molecule has 0 atom stereocenters. The molecule has 6 aromatic rings. The molecule has 0 nitrogen and oxygen atoms in total. The minimum absolute atomic E-state index is 1.07. The average molecular weight is 463 g/mol. The maximum absolute atomic E-state index is 3.32. The Morgan fingerprint density at radius 1 is 0.657 bits per heavy atom. The molecule has 0 amide bonds. The van der Waals surface area contributed by atoms with E-state index in [-0.39, 0.29) is 0 Å². The topological polar surface area (TPSA) is 0 Å². The van der Waals surface area contributed by atoms with E-state index >= 15 is 0 Å². The number of rotatable bonds is 3. The van der Waals surface area contributed by atoms with E-state index < -0.39 is 0 Å². The van der Waals surface area contributed by atoms with E-state index in [9.17, 15) is 0 Å². The normalized spacial score (nSPS) is 12.6. The van der Waals surface area contributed by atoms with Crippen molar-refractivity contribution >= 4 is 39.0 Å². The van der Waals surface area contributed by atoms with E-state index in [4.69, 9.17) is 0 Å². The van der Waals surface area contributed by atoms with Crippen LogP contribution in [-0.4, -0.2) is 0 Å². The molecule has 0 N–H and O–H groups in total. The van der Waals surface area contributed by atoms with Crippen molar-refractivity contribution in [1.29, 1.82) is 0 Å². The minimum atomic E-state index is 1.07.